The Labute approximate surface area is 129 Å². The van der Waals surface area contributed by atoms with E-state index in [1.54, 1.807) is 0 Å². The van der Waals surface area contributed by atoms with Gasteiger partial charge >= 0.3 is 0 Å². The van der Waals surface area contributed by atoms with Gasteiger partial charge in [0.05, 0.1) is 6.10 Å². The zero-order valence-electron chi connectivity index (χ0n) is 11.9. The molecule has 1 amide bonds. The van der Waals surface area contributed by atoms with E-state index in [1.165, 1.54) is 5.56 Å². The molecule has 1 aliphatic heterocycles. The molecule has 1 saturated heterocycles. The van der Waals surface area contributed by atoms with Gasteiger partial charge in [0.15, 0.2) is 0 Å². The van der Waals surface area contributed by atoms with Crippen LogP contribution in [-0.4, -0.2) is 35.1 Å². The third kappa shape index (κ3) is 4.06. The molecule has 0 unspecified atom stereocenters. The molecule has 0 radical (unpaired) electrons. The number of aliphatic hydroxyl groups is 1. The molecule has 1 fully saturated rings. The third-order valence-electron chi connectivity index (χ3n) is 3.92. The highest BCUT2D eigenvalue weighted by molar-refractivity contribution is 9.10. The van der Waals surface area contributed by atoms with Gasteiger partial charge in [-0.25, -0.2) is 0 Å². The number of carbonyl (C=O) groups excluding carboxylic acids is 1. The third-order valence-corrected chi connectivity index (χ3v) is 4.41. The Morgan fingerprint density at radius 2 is 2.35 bits per heavy atom. The fourth-order valence-electron chi connectivity index (χ4n) is 2.77. The number of halogens is 1. The molecule has 1 aliphatic rings. The van der Waals surface area contributed by atoms with Crippen LogP contribution in [0.15, 0.2) is 28.7 Å². The zero-order chi connectivity index (χ0) is 14.5. The number of hydrogen-bond donors (Lipinski definition) is 1. The molecule has 0 aromatic heterocycles. The summed E-state index contributed by atoms with van der Waals surface area (Å²) in [6, 6.07) is 8.13. The van der Waals surface area contributed by atoms with Gasteiger partial charge in [-0.05, 0) is 43.4 Å². The van der Waals surface area contributed by atoms with Gasteiger partial charge in [-0.15, -0.1) is 0 Å². The summed E-state index contributed by atoms with van der Waals surface area (Å²) in [7, 11) is 0. The molecule has 2 atom stereocenters. The van der Waals surface area contributed by atoms with Crippen molar-refractivity contribution in [3.8, 4) is 0 Å². The molecule has 1 aromatic carbocycles. The van der Waals surface area contributed by atoms with E-state index in [1.807, 2.05) is 17.0 Å². The zero-order valence-corrected chi connectivity index (χ0v) is 13.5. The number of piperidine rings is 1. The van der Waals surface area contributed by atoms with E-state index in [0.29, 0.717) is 6.54 Å². The van der Waals surface area contributed by atoms with E-state index in [0.717, 1.165) is 36.7 Å². The maximum atomic E-state index is 12.6. The first-order chi connectivity index (χ1) is 9.60. The molecule has 1 aromatic rings. The van der Waals surface area contributed by atoms with Crippen molar-refractivity contribution >= 4 is 21.8 Å². The van der Waals surface area contributed by atoms with Crippen molar-refractivity contribution in [2.45, 2.75) is 38.7 Å². The van der Waals surface area contributed by atoms with Crippen molar-refractivity contribution in [2.75, 3.05) is 13.1 Å². The van der Waals surface area contributed by atoms with E-state index in [2.05, 4.69) is 35.0 Å². The van der Waals surface area contributed by atoms with Crippen molar-refractivity contribution in [1.29, 1.82) is 0 Å². The summed E-state index contributed by atoms with van der Waals surface area (Å²) >= 11 is 3.47. The minimum absolute atomic E-state index is 0.00889. The summed E-state index contributed by atoms with van der Waals surface area (Å²) in [5.41, 5.74) is 1.18. The number of amides is 1. The number of nitrogens with zero attached hydrogens (tertiary/aromatic N) is 1. The second-order valence-corrected chi connectivity index (χ2v) is 6.44. The summed E-state index contributed by atoms with van der Waals surface area (Å²) in [5, 5.41) is 9.71. The van der Waals surface area contributed by atoms with Crippen LogP contribution in [-0.2, 0) is 11.2 Å². The largest absolute Gasteiger partial charge is 0.391 e. The predicted octanol–water partition coefficient (Wildman–Crippen LogP) is 3.00. The first-order valence-electron chi connectivity index (χ1n) is 7.31. The first kappa shape index (κ1) is 15.5. The normalized spacial score (nSPS) is 20.8. The van der Waals surface area contributed by atoms with E-state index in [9.17, 15) is 9.90 Å². The van der Waals surface area contributed by atoms with E-state index in [4.69, 9.17) is 0 Å². The SMILES string of the molecule is CC[C@@H](Cc1cccc(Br)c1)C(=O)N1CCC[C@@H](O)C1. The fraction of sp³-hybridized carbons (Fsp3) is 0.562. The Hall–Kier alpha value is -0.870. The van der Waals surface area contributed by atoms with Crippen molar-refractivity contribution in [2.24, 2.45) is 5.92 Å². The topological polar surface area (TPSA) is 40.5 Å². The number of aliphatic hydroxyl groups excluding tert-OH is 1. The van der Waals surface area contributed by atoms with Crippen LogP contribution in [0.4, 0.5) is 0 Å². The van der Waals surface area contributed by atoms with Crippen molar-refractivity contribution in [1.82, 2.24) is 4.90 Å². The summed E-state index contributed by atoms with van der Waals surface area (Å²) in [5.74, 6) is 0.195. The Kier molecular flexibility index (Phi) is 5.61. The molecular formula is C16H22BrNO2. The molecule has 0 bridgehead atoms. The number of β-amino-alcohol motifs (C(OH)–C–C–N with tert-alkyl or cyclic N) is 1. The van der Waals surface area contributed by atoms with Crippen molar-refractivity contribution in [3.05, 3.63) is 34.3 Å². The number of rotatable bonds is 4. The molecule has 0 aliphatic carbocycles. The maximum absolute atomic E-state index is 12.6. The summed E-state index contributed by atoms with van der Waals surface area (Å²) in [4.78, 5) is 14.4. The van der Waals surface area contributed by atoms with Crippen LogP contribution in [0.2, 0.25) is 0 Å². The van der Waals surface area contributed by atoms with Gasteiger partial charge in [0.1, 0.15) is 0 Å². The minimum Gasteiger partial charge on any atom is -0.391 e. The molecule has 3 nitrogen and oxygen atoms in total. The van der Waals surface area contributed by atoms with Gasteiger partial charge in [0, 0.05) is 23.5 Å². The van der Waals surface area contributed by atoms with Crippen LogP contribution in [0.25, 0.3) is 0 Å². The molecule has 2 rings (SSSR count). The van der Waals surface area contributed by atoms with Gasteiger partial charge in [-0.3, -0.25) is 4.79 Å². The standard InChI is InChI=1S/C16H22BrNO2/c1-2-13(9-12-5-3-6-14(17)10-12)16(20)18-8-4-7-15(19)11-18/h3,5-6,10,13,15,19H,2,4,7-9,11H2,1H3/t13-,15+/m0/s1. The first-order valence-corrected chi connectivity index (χ1v) is 8.10. The van der Waals surface area contributed by atoms with Crippen LogP contribution in [0.3, 0.4) is 0 Å². The number of likely N-dealkylation sites (tertiary alicyclic amines) is 1. The summed E-state index contributed by atoms with van der Waals surface area (Å²) in [6.45, 7) is 3.33. The highest BCUT2D eigenvalue weighted by atomic mass is 79.9. The number of benzene rings is 1. The lowest BCUT2D eigenvalue weighted by Crippen LogP contribution is -2.45. The predicted molar refractivity (Wildman–Crippen MR) is 83.4 cm³/mol. The second-order valence-electron chi connectivity index (χ2n) is 5.52. The molecular weight excluding hydrogens is 318 g/mol. The quantitative estimate of drug-likeness (QED) is 0.915. The van der Waals surface area contributed by atoms with E-state index in [-0.39, 0.29) is 17.9 Å². The molecule has 1 N–H and O–H groups in total. The average molecular weight is 340 g/mol. The maximum Gasteiger partial charge on any atom is 0.226 e. The van der Waals surface area contributed by atoms with Crippen LogP contribution in [0.1, 0.15) is 31.7 Å². The fourth-order valence-corrected chi connectivity index (χ4v) is 3.21. The Morgan fingerprint density at radius 3 is 3.00 bits per heavy atom. The van der Waals surface area contributed by atoms with E-state index < -0.39 is 0 Å². The van der Waals surface area contributed by atoms with Gasteiger partial charge in [-0.2, -0.15) is 0 Å². The number of hydrogen-bond acceptors (Lipinski definition) is 2. The van der Waals surface area contributed by atoms with Gasteiger partial charge in [0.25, 0.3) is 0 Å². The molecule has 20 heavy (non-hydrogen) atoms. The Bertz CT molecular complexity index is 464. The Balaban J connectivity index is 2.02. The van der Waals surface area contributed by atoms with Crippen molar-refractivity contribution in [3.63, 3.8) is 0 Å². The van der Waals surface area contributed by atoms with Gasteiger partial charge in [-0.1, -0.05) is 35.0 Å². The average Bonchev–Trinajstić information content (AvgIpc) is 2.44. The minimum atomic E-state index is -0.351. The lowest BCUT2D eigenvalue weighted by atomic mass is 9.94. The second kappa shape index (κ2) is 7.23. The molecule has 0 spiro atoms. The van der Waals surface area contributed by atoms with Crippen LogP contribution >= 0.6 is 15.9 Å². The monoisotopic (exact) mass is 339 g/mol. The highest BCUT2D eigenvalue weighted by Crippen LogP contribution is 2.20. The van der Waals surface area contributed by atoms with Crippen LogP contribution < -0.4 is 0 Å². The Morgan fingerprint density at radius 1 is 1.55 bits per heavy atom. The molecule has 1 heterocycles. The van der Waals surface area contributed by atoms with Crippen molar-refractivity contribution < 1.29 is 9.90 Å². The van der Waals surface area contributed by atoms with Gasteiger partial charge < -0.3 is 10.0 Å². The molecule has 110 valence electrons. The summed E-state index contributed by atoms with van der Waals surface area (Å²) in [6.07, 6.45) is 2.96. The highest BCUT2D eigenvalue weighted by Gasteiger charge is 2.27. The van der Waals surface area contributed by atoms with Crippen LogP contribution in [0.5, 0.6) is 0 Å². The molecule has 4 heteroatoms. The van der Waals surface area contributed by atoms with Gasteiger partial charge in [0.2, 0.25) is 5.91 Å². The van der Waals surface area contributed by atoms with Crippen LogP contribution in [0, 0.1) is 5.92 Å². The van der Waals surface area contributed by atoms with E-state index >= 15 is 0 Å². The molecule has 0 saturated carbocycles. The summed E-state index contributed by atoms with van der Waals surface area (Å²) < 4.78 is 1.05. The lowest BCUT2D eigenvalue weighted by molar-refractivity contribution is -0.138. The smallest absolute Gasteiger partial charge is 0.226 e. The number of carbonyl (C=O) groups is 1. The lowest BCUT2D eigenvalue weighted by Gasteiger charge is -2.32.